The highest BCUT2D eigenvalue weighted by Gasteiger charge is 2.21. The van der Waals surface area contributed by atoms with Crippen molar-refractivity contribution in [2.75, 3.05) is 31.1 Å². The summed E-state index contributed by atoms with van der Waals surface area (Å²) in [5.74, 6) is 0.263. The van der Waals surface area contributed by atoms with Gasteiger partial charge in [0, 0.05) is 50.2 Å². The van der Waals surface area contributed by atoms with Crippen LogP contribution in [0.4, 0.5) is 5.13 Å². The van der Waals surface area contributed by atoms with Gasteiger partial charge in [-0.15, -0.1) is 11.3 Å². The van der Waals surface area contributed by atoms with Crippen LogP contribution in [0.5, 0.6) is 0 Å². The van der Waals surface area contributed by atoms with E-state index in [0.717, 1.165) is 44.2 Å². The Balaban J connectivity index is 1.72. The van der Waals surface area contributed by atoms with Crippen LogP contribution in [-0.4, -0.2) is 48.0 Å². The van der Waals surface area contributed by atoms with E-state index >= 15 is 0 Å². The standard InChI is InChI=1S/C13H22N4OS/c1-11(14)3-2-4-12(18)16-6-8-17(9-7-16)13-15-5-10-19-13/h5,10-11H,2-4,6-9,14H2,1H3. The smallest absolute Gasteiger partial charge is 0.222 e. The summed E-state index contributed by atoms with van der Waals surface area (Å²) in [6, 6.07) is 0.189. The molecule has 2 rings (SSSR count). The molecule has 1 aromatic heterocycles. The molecule has 0 aliphatic carbocycles. The SMILES string of the molecule is CC(N)CCCC(=O)N1CCN(c2nccs2)CC1. The average Bonchev–Trinajstić information content (AvgIpc) is 2.92. The molecule has 1 saturated heterocycles. The van der Waals surface area contributed by atoms with Gasteiger partial charge in [0.05, 0.1) is 0 Å². The fourth-order valence-corrected chi connectivity index (χ4v) is 2.95. The van der Waals surface area contributed by atoms with E-state index in [1.54, 1.807) is 11.3 Å². The lowest BCUT2D eigenvalue weighted by molar-refractivity contribution is -0.131. The van der Waals surface area contributed by atoms with Crippen molar-refractivity contribution in [3.05, 3.63) is 11.6 Å². The number of nitrogens with zero attached hydrogens (tertiary/aromatic N) is 3. The lowest BCUT2D eigenvalue weighted by Crippen LogP contribution is -2.48. The van der Waals surface area contributed by atoms with Crippen LogP contribution in [0.15, 0.2) is 11.6 Å². The Hall–Kier alpha value is -1.14. The largest absolute Gasteiger partial charge is 0.345 e. The number of carbonyl (C=O) groups is 1. The molecule has 0 saturated carbocycles. The molecular formula is C13H22N4OS. The van der Waals surface area contributed by atoms with Crippen LogP contribution in [-0.2, 0) is 4.79 Å². The Morgan fingerprint density at radius 2 is 2.21 bits per heavy atom. The van der Waals surface area contributed by atoms with Gasteiger partial charge in [0.2, 0.25) is 5.91 Å². The molecule has 0 radical (unpaired) electrons. The van der Waals surface area contributed by atoms with Gasteiger partial charge in [-0.3, -0.25) is 4.79 Å². The molecule has 0 aromatic carbocycles. The molecule has 2 N–H and O–H groups in total. The maximum atomic E-state index is 12.0. The van der Waals surface area contributed by atoms with Crippen LogP contribution < -0.4 is 10.6 Å². The number of thiazole rings is 1. The summed E-state index contributed by atoms with van der Waals surface area (Å²) in [5.41, 5.74) is 5.69. The zero-order chi connectivity index (χ0) is 13.7. The van der Waals surface area contributed by atoms with Crippen molar-refractivity contribution < 1.29 is 4.79 Å². The molecule has 1 aromatic rings. The van der Waals surface area contributed by atoms with Gasteiger partial charge in [0.25, 0.3) is 0 Å². The van der Waals surface area contributed by atoms with Crippen LogP contribution >= 0.6 is 11.3 Å². The molecule has 2 heterocycles. The number of anilines is 1. The fourth-order valence-electron chi connectivity index (χ4n) is 2.25. The number of rotatable bonds is 5. The Bertz CT molecular complexity index is 385. The molecule has 1 amide bonds. The summed E-state index contributed by atoms with van der Waals surface area (Å²) >= 11 is 1.65. The molecular weight excluding hydrogens is 260 g/mol. The Morgan fingerprint density at radius 3 is 2.79 bits per heavy atom. The molecule has 1 atom stereocenters. The first-order chi connectivity index (χ1) is 9.16. The van der Waals surface area contributed by atoms with Crippen LogP contribution in [0.2, 0.25) is 0 Å². The molecule has 1 aliphatic rings. The van der Waals surface area contributed by atoms with Crippen LogP contribution in [0, 0.1) is 0 Å². The van der Waals surface area contributed by atoms with Crippen molar-refractivity contribution in [3.63, 3.8) is 0 Å². The highest BCUT2D eigenvalue weighted by molar-refractivity contribution is 7.13. The van der Waals surface area contributed by atoms with Crippen molar-refractivity contribution in [2.24, 2.45) is 5.73 Å². The van der Waals surface area contributed by atoms with Crippen molar-refractivity contribution in [2.45, 2.75) is 32.2 Å². The third-order valence-electron chi connectivity index (χ3n) is 3.37. The summed E-state index contributed by atoms with van der Waals surface area (Å²) in [4.78, 5) is 20.5. The minimum absolute atomic E-state index is 0.189. The maximum absolute atomic E-state index is 12.0. The molecule has 0 bridgehead atoms. The van der Waals surface area contributed by atoms with E-state index in [-0.39, 0.29) is 11.9 Å². The zero-order valence-electron chi connectivity index (χ0n) is 11.4. The highest BCUT2D eigenvalue weighted by Crippen LogP contribution is 2.19. The molecule has 5 nitrogen and oxygen atoms in total. The van der Waals surface area contributed by atoms with E-state index in [9.17, 15) is 4.79 Å². The summed E-state index contributed by atoms with van der Waals surface area (Å²) in [6.45, 7) is 5.35. The Labute approximate surface area is 118 Å². The van der Waals surface area contributed by atoms with Crippen molar-refractivity contribution in [3.8, 4) is 0 Å². The first-order valence-electron chi connectivity index (χ1n) is 6.84. The van der Waals surface area contributed by atoms with Gasteiger partial charge in [-0.1, -0.05) is 0 Å². The van der Waals surface area contributed by atoms with E-state index in [0.29, 0.717) is 6.42 Å². The van der Waals surface area contributed by atoms with Crippen molar-refractivity contribution >= 4 is 22.4 Å². The van der Waals surface area contributed by atoms with Gasteiger partial charge in [0.15, 0.2) is 5.13 Å². The predicted octanol–water partition coefficient (Wildman–Crippen LogP) is 1.31. The third kappa shape index (κ3) is 4.18. The third-order valence-corrected chi connectivity index (χ3v) is 4.20. The van der Waals surface area contributed by atoms with Gasteiger partial charge < -0.3 is 15.5 Å². The second kappa shape index (κ2) is 6.86. The van der Waals surface area contributed by atoms with Crippen LogP contribution in [0.1, 0.15) is 26.2 Å². The molecule has 106 valence electrons. The number of piperazine rings is 1. The minimum Gasteiger partial charge on any atom is -0.345 e. The summed E-state index contributed by atoms with van der Waals surface area (Å²) in [7, 11) is 0. The topological polar surface area (TPSA) is 62.5 Å². The summed E-state index contributed by atoms with van der Waals surface area (Å²) in [5, 5.41) is 3.05. The first-order valence-corrected chi connectivity index (χ1v) is 7.72. The van der Waals surface area contributed by atoms with E-state index < -0.39 is 0 Å². The van der Waals surface area contributed by atoms with Gasteiger partial charge in [-0.2, -0.15) is 0 Å². The summed E-state index contributed by atoms with van der Waals surface area (Å²) in [6.07, 6.45) is 4.26. The zero-order valence-corrected chi connectivity index (χ0v) is 12.2. The minimum atomic E-state index is 0.189. The number of carbonyl (C=O) groups excluding carboxylic acids is 1. The fraction of sp³-hybridized carbons (Fsp3) is 0.692. The van der Waals surface area contributed by atoms with Gasteiger partial charge in [-0.25, -0.2) is 4.98 Å². The van der Waals surface area contributed by atoms with Crippen molar-refractivity contribution in [1.82, 2.24) is 9.88 Å². The van der Waals surface area contributed by atoms with Crippen LogP contribution in [0.3, 0.4) is 0 Å². The Morgan fingerprint density at radius 1 is 1.47 bits per heavy atom. The highest BCUT2D eigenvalue weighted by atomic mass is 32.1. The van der Waals surface area contributed by atoms with Crippen molar-refractivity contribution in [1.29, 1.82) is 0 Å². The van der Waals surface area contributed by atoms with E-state index in [2.05, 4.69) is 9.88 Å². The van der Waals surface area contributed by atoms with Gasteiger partial charge in [0.1, 0.15) is 0 Å². The number of hydrogen-bond acceptors (Lipinski definition) is 5. The number of nitrogens with two attached hydrogens (primary N) is 1. The number of amides is 1. The number of aromatic nitrogens is 1. The Kier molecular flexibility index (Phi) is 5.15. The molecule has 19 heavy (non-hydrogen) atoms. The lowest BCUT2D eigenvalue weighted by atomic mass is 10.1. The first kappa shape index (κ1) is 14.3. The second-order valence-corrected chi connectivity index (χ2v) is 5.93. The van der Waals surface area contributed by atoms with Crippen LogP contribution in [0.25, 0.3) is 0 Å². The maximum Gasteiger partial charge on any atom is 0.222 e. The average molecular weight is 282 g/mol. The predicted molar refractivity (Wildman–Crippen MR) is 78.4 cm³/mol. The van der Waals surface area contributed by atoms with E-state index in [1.807, 2.05) is 23.4 Å². The normalized spacial score (nSPS) is 17.6. The molecule has 1 unspecified atom stereocenters. The molecule has 6 heteroatoms. The number of hydrogen-bond donors (Lipinski definition) is 1. The quantitative estimate of drug-likeness (QED) is 0.884. The lowest BCUT2D eigenvalue weighted by Gasteiger charge is -2.34. The monoisotopic (exact) mass is 282 g/mol. The molecule has 1 fully saturated rings. The second-order valence-electron chi connectivity index (χ2n) is 5.05. The molecule has 1 aliphatic heterocycles. The van der Waals surface area contributed by atoms with E-state index in [4.69, 9.17) is 5.73 Å². The van der Waals surface area contributed by atoms with E-state index in [1.165, 1.54) is 0 Å². The van der Waals surface area contributed by atoms with Gasteiger partial charge in [-0.05, 0) is 19.8 Å². The van der Waals surface area contributed by atoms with Gasteiger partial charge >= 0.3 is 0 Å². The molecule has 0 spiro atoms. The summed E-state index contributed by atoms with van der Waals surface area (Å²) < 4.78 is 0.